The lowest BCUT2D eigenvalue weighted by molar-refractivity contribution is 0.0806. The lowest BCUT2D eigenvalue weighted by Gasteiger charge is -2.15. The van der Waals surface area contributed by atoms with E-state index in [1.165, 1.54) is 19.3 Å². The summed E-state index contributed by atoms with van der Waals surface area (Å²) in [5.74, 6) is 1.34. The van der Waals surface area contributed by atoms with E-state index in [0.29, 0.717) is 18.4 Å². The van der Waals surface area contributed by atoms with E-state index in [2.05, 4.69) is 12.7 Å². The molecule has 0 amide bonds. The van der Waals surface area contributed by atoms with Crippen molar-refractivity contribution in [1.29, 1.82) is 0 Å². The van der Waals surface area contributed by atoms with Crippen LogP contribution in [0.4, 0.5) is 0 Å². The van der Waals surface area contributed by atoms with Crippen LogP contribution in [-0.2, 0) is 4.74 Å². The number of aliphatic hydroxyl groups is 1. The van der Waals surface area contributed by atoms with Gasteiger partial charge in [-0.15, -0.1) is 6.58 Å². The third-order valence-electron chi connectivity index (χ3n) is 2.80. The molecule has 1 fully saturated rings. The van der Waals surface area contributed by atoms with E-state index < -0.39 is 0 Å². The highest BCUT2D eigenvalue weighted by atomic mass is 16.5. The minimum absolute atomic E-state index is 0.232. The van der Waals surface area contributed by atoms with Crippen molar-refractivity contribution in [2.45, 2.75) is 25.7 Å². The number of aliphatic hydroxyl groups excluding tert-OH is 1. The van der Waals surface area contributed by atoms with E-state index in [0.717, 1.165) is 13.0 Å². The van der Waals surface area contributed by atoms with Gasteiger partial charge in [0, 0.05) is 19.8 Å². The summed E-state index contributed by atoms with van der Waals surface area (Å²) in [6.45, 7) is 5.61. The highest BCUT2D eigenvalue weighted by Gasteiger charge is 2.24. The smallest absolute Gasteiger partial charge is 0.0499 e. The SMILES string of the molecule is C=CC1CCC[C@@H]1COCCCO. The van der Waals surface area contributed by atoms with Gasteiger partial charge in [-0.3, -0.25) is 0 Å². The van der Waals surface area contributed by atoms with Crippen LogP contribution in [-0.4, -0.2) is 24.9 Å². The van der Waals surface area contributed by atoms with Gasteiger partial charge in [-0.1, -0.05) is 12.5 Å². The summed E-state index contributed by atoms with van der Waals surface area (Å²) < 4.78 is 5.48. The second kappa shape index (κ2) is 6.17. The van der Waals surface area contributed by atoms with Crippen molar-refractivity contribution in [3.63, 3.8) is 0 Å². The Morgan fingerprint density at radius 2 is 2.31 bits per heavy atom. The van der Waals surface area contributed by atoms with E-state index >= 15 is 0 Å². The van der Waals surface area contributed by atoms with Crippen LogP contribution >= 0.6 is 0 Å². The molecule has 0 aromatic heterocycles. The molecule has 13 heavy (non-hydrogen) atoms. The highest BCUT2D eigenvalue weighted by molar-refractivity contribution is 4.89. The summed E-state index contributed by atoms with van der Waals surface area (Å²) in [7, 11) is 0. The average molecular weight is 184 g/mol. The van der Waals surface area contributed by atoms with Gasteiger partial charge in [-0.2, -0.15) is 0 Å². The van der Waals surface area contributed by atoms with E-state index in [1.54, 1.807) is 0 Å². The predicted octanol–water partition coefficient (Wildman–Crippen LogP) is 1.99. The molecule has 1 rings (SSSR count). The molecule has 0 aliphatic heterocycles. The van der Waals surface area contributed by atoms with Crippen molar-refractivity contribution in [3.05, 3.63) is 12.7 Å². The Morgan fingerprint density at radius 1 is 1.46 bits per heavy atom. The summed E-state index contributed by atoms with van der Waals surface area (Å²) in [4.78, 5) is 0. The van der Waals surface area contributed by atoms with Gasteiger partial charge in [-0.25, -0.2) is 0 Å². The maximum Gasteiger partial charge on any atom is 0.0499 e. The van der Waals surface area contributed by atoms with Gasteiger partial charge >= 0.3 is 0 Å². The fourth-order valence-electron chi connectivity index (χ4n) is 1.98. The monoisotopic (exact) mass is 184 g/mol. The minimum Gasteiger partial charge on any atom is -0.396 e. The zero-order valence-electron chi connectivity index (χ0n) is 8.24. The molecule has 0 aromatic rings. The van der Waals surface area contributed by atoms with E-state index in [1.807, 2.05) is 0 Å². The van der Waals surface area contributed by atoms with Crippen LogP contribution < -0.4 is 0 Å². The van der Waals surface area contributed by atoms with Crippen LogP contribution in [0.2, 0.25) is 0 Å². The quantitative estimate of drug-likeness (QED) is 0.505. The van der Waals surface area contributed by atoms with Crippen molar-refractivity contribution in [2.24, 2.45) is 11.8 Å². The fourth-order valence-corrected chi connectivity index (χ4v) is 1.98. The van der Waals surface area contributed by atoms with Crippen LogP contribution in [0.3, 0.4) is 0 Å². The third-order valence-corrected chi connectivity index (χ3v) is 2.80. The topological polar surface area (TPSA) is 29.5 Å². The maximum absolute atomic E-state index is 8.56. The van der Waals surface area contributed by atoms with Gasteiger partial charge in [0.15, 0.2) is 0 Å². The molecule has 0 bridgehead atoms. The maximum atomic E-state index is 8.56. The first-order valence-corrected chi connectivity index (χ1v) is 5.19. The lowest BCUT2D eigenvalue weighted by Crippen LogP contribution is -2.13. The molecule has 76 valence electrons. The van der Waals surface area contributed by atoms with Crippen LogP contribution in [0.25, 0.3) is 0 Å². The molecule has 1 aliphatic rings. The first-order valence-electron chi connectivity index (χ1n) is 5.19. The van der Waals surface area contributed by atoms with Crippen LogP contribution in [0.15, 0.2) is 12.7 Å². The van der Waals surface area contributed by atoms with Crippen molar-refractivity contribution in [3.8, 4) is 0 Å². The summed E-state index contributed by atoms with van der Waals surface area (Å²) in [6.07, 6.45) is 6.68. The van der Waals surface area contributed by atoms with Gasteiger partial charge in [0.05, 0.1) is 0 Å². The van der Waals surface area contributed by atoms with E-state index in [9.17, 15) is 0 Å². The highest BCUT2D eigenvalue weighted by Crippen LogP contribution is 2.32. The largest absolute Gasteiger partial charge is 0.396 e. The van der Waals surface area contributed by atoms with Gasteiger partial charge in [0.2, 0.25) is 0 Å². The Morgan fingerprint density at radius 3 is 3.00 bits per heavy atom. The number of allylic oxidation sites excluding steroid dienone is 1. The second-order valence-electron chi connectivity index (χ2n) is 3.74. The Labute approximate surface area is 80.6 Å². The third kappa shape index (κ3) is 3.49. The second-order valence-corrected chi connectivity index (χ2v) is 3.74. The zero-order valence-corrected chi connectivity index (χ0v) is 8.24. The lowest BCUT2D eigenvalue weighted by atomic mass is 9.97. The fraction of sp³-hybridized carbons (Fsp3) is 0.818. The van der Waals surface area contributed by atoms with Crippen molar-refractivity contribution >= 4 is 0 Å². The number of hydrogen-bond acceptors (Lipinski definition) is 2. The first kappa shape index (κ1) is 10.7. The van der Waals surface area contributed by atoms with Gasteiger partial charge < -0.3 is 9.84 Å². The van der Waals surface area contributed by atoms with Crippen molar-refractivity contribution in [1.82, 2.24) is 0 Å². The summed E-state index contributed by atoms with van der Waals surface area (Å²) >= 11 is 0. The summed E-state index contributed by atoms with van der Waals surface area (Å²) in [6, 6.07) is 0. The van der Waals surface area contributed by atoms with Gasteiger partial charge in [-0.05, 0) is 31.1 Å². The molecule has 1 unspecified atom stereocenters. The number of hydrogen-bond donors (Lipinski definition) is 1. The first-order chi connectivity index (χ1) is 6.38. The van der Waals surface area contributed by atoms with Crippen LogP contribution in [0.5, 0.6) is 0 Å². The molecular weight excluding hydrogens is 164 g/mol. The number of rotatable bonds is 6. The normalized spacial score (nSPS) is 27.8. The van der Waals surface area contributed by atoms with E-state index in [-0.39, 0.29) is 6.61 Å². The van der Waals surface area contributed by atoms with Gasteiger partial charge in [0.25, 0.3) is 0 Å². The number of ether oxygens (including phenoxy) is 1. The van der Waals surface area contributed by atoms with Crippen LogP contribution in [0, 0.1) is 11.8 Å². The summed E-state index contributed by atoms with van der Waals surface area (Å²) in [5, 5.41) is 8.56. The Hall–Kier alpha value is -0.340. The van der Waals surface area contributed by atoms with Gasteiger partial charge in [0.1, 0.15) is 0 Å². The Bertz CT molecular complexity index is 145. The molecule has 0 spiro atoms. The predicted molar refractivity (Wildman–Crippen MR) is 53.5 cm³/mol. The molecule has 2 heteroatoms. The molecule has 1 N–H and O–H groups in total. The molecule has 0 aromatic carbocycles. The Balaban J connectivity index is 2.09. The standard InChI is InChI=1S/C11H20O2/c1-2-10-5-3-6-11(10)9-13-8-4-7-12/h2,10-12H,1,3-9H2/t10?,11-/m1/s1. The molecule has 2 nitrogen and oxygen atoms in total. The average Bonchev–Trinajstić information content (AvgIpc) is 2.60. The van der Waals surface area contributed by atoms with Crippen molar-refractivity contribution in [2.75, 3.05) is 19.8 Å². The molecule has 0 saturated heterocycles. The molecular formula is C11H20O2. The molecule has 0 heterocycles. The molecule has 1 aliphatic carbocycles. The van der Waals surface area contributed by atoms with Crippen molar-refractivity contribution < 1.29 is 9.84 Å². The van der Waals surface area contributed by atoms with Crippen LogP contribution in [0.1, 0.15) is 25.7 Å². The molecule has 0 radical (unpaired) electrons. The van der Waals surface area contributed by atoms with E-state index in [4.69, 9.17) is 9.84 Å². The zero-order chi connectivity index (χ0) is 9.52. The Kier molecular flexibility index (Phi) is 5.09. The molecule has 2 atom stereocenters. The molecule has 1 saturated carbocycles. The minimum atomic E-state index is 0.232. The summed E-state index contributed by atoms with van der Waals surface area (Å²) in [5.41, 5.74) is 0.